The van der Waals surface area contributed by atoms with Crippen molar-refractivity contribution >= 4 is 10.0 Å². The van der Waals surface area contributed by atoms with Gasteiger partial charge in [0.1, 0.15) is 24.2 Å². The highest BCUT2D eigenvalue weighted by molar-refractivity contribution is 7.89. The van der Waals surface area contributed by atoms with Crippen molar-refractivity contribution in [3.8, 4) is 11.6 Å². The fourth-order valence-corrected chi connectivity index (χ4v) is 3.76. The average molecular weight is 402 g/mol. The number of rotatable bonds is 7. The molecule has 0 N–H and O–H groups in total. The molecule has 6 nitrogen and oxygen atoms in total. The van der Waals surface area contributed by atoms with E-state index >= 15 is 0 Å². The van der Waals surface area contributed by atoms with Gasteiger partial charge in [0.05, 0.1) is 18.8 Å². The predicted octanol–water partition coefficient (Wildman–Crippen LogP) is 2.57. The zero-order valence-electron chi connectivity index (χ0n) is 14.1. The van der Waals surface area contributed by atoms with Gasteiger partial charge in [-0.3, -0.25) is 0 Å². The Balaban J connectivity index is 1.47. The topological polar surface area (TPSA) is 68.7 Å². The first-order valence-corrected chi connectivity index (χ1v) is 9.71. The second kappa shape index (κ2) is 7.73. The molecule has 3 rings (SSSR count). The number of ether oxygens (including phenoxy) is 2. The lowest BCUT2D eigenvalue weighted by Gasteiger charge is -2.37. The van der Waals surface area contributed by atoms with Crippen LogP contribution in [0, 0.1) is 0 Å². The quantitative estimate of drug-likeness (QED) is 0.712. The maximum absolute atomic E-state index is 12.6. The summed E-state index contributed by atoms with van der Waals surface area (Å²) in [5, 5.41) is 0. The molecule has 0 spiro atoms. The van der Waals surface area contributed by atoms with Crippen LogP contribution >= 0.6 is 0 Å². The molecule has 0 bridgehead atoms. The number of para-hydroxylation sites is 1. The number of pyridine rings is 1. The maximum Gasteiger partial charge on any atom is 0.433 e. The van der Waals surface area contributed by atoms with Crippen molar-refractivity contribution in [3.63, 3.8) is 0 Å². The normalized spacial score (nSPS) is 16.0. The molecule has 0 unspecified atom stereocenters. The van der Waals surface area contributed by atoms with Crippen molar-refractivity contribution in [2.24, 2.45) is 0 Å². The summed E-state index contributed by atoms with van der Waals surface area (Å²) in [5.74, 6) is 0.198. The van der Waals surface area contributed by atoms with E-state index in [1.54, 1.807) is 24.3 Å². The number of benzene rings is 1. The molecule has 0 atom stereocenters. The molecule has 1 aliphatic rings. The Morgan fingerprint density at radius 3 is 2.44 bits per heavy atom. The van der Waals surface area contributed by atoms with Gasteiger partial charge in [0.2, 0.25) is 15.9 Å². The van der Waals surface area contributed by atoms with E-state index in [4.69, 9.17) is 9.47 Å². The molecule has 0 saturated carbocycles. The molecule has 1 aromatic heterocycles. The first-order valence-electron chi connectivity index (χ1n) is 8.11. The number of sulfonamides is 1. The largest absolute Gasteiger partial charge is 0.492 e. The highest BCUT2D eigenvalue weighted by atomic mass is 32.2. The van der Waals surface area contributed by atoms with Crippen LogP contribution in [-0.4, -0.2) is 49.3 Å². The minimum atomic E-state index is -4.56. The van der Waals surface area contributed by atoms with E-state index in [1.807, 2.05) is 6.07 Å². The van der Waals surface area contributed by atoms with Gasteiger partial charge in [-0.25, -0.2) is 13.4 Å². The second-order valence-electron chi connectivity index (χ2n) is 5.89. The zero-order valence-corrected chi connectivity index (χ0v) is 14.9. The van der Waals surface area contributed by atoms with Gasteiger partial charge < -0.3 is 9.47 Å². The highest BCUT2D eigenvalue weighted by Gasteiger charge is 2.38. The van der Waals surface area contributed by atoms with Crippen LogP contribution in [-0.2, 0) is 16.2 Å². The third kappa shape index (κ3) is 5.10. The SMILES string of the molecule is O=S(=O)(CCOc1ccccc1)N1CC(Oc2cccc(C(F)(F)F)n2)C1. The van der Waals surface area contributed by atoms with Crippen LogP contribution in [0.1, 0.15) is 5.69 Å². The average Bonchev–Trinajstić information content (AvgIpc) is 2.58. The monoisotopic (exact) mass is 402 g/mol. The van der Waals surface area contributed by atoms with Gasteiger partial charge in [-0.05, 0) is 18.2 Å². The molecule has 146 valence electrons. The van der Waals surface area contributed by atoms with Gasteiger partial charge in [0.25, 0.3) is 0 Å². The summed E-state index contributed by atoms with van der Waals surface area (Å²) in [5.41, 5.74) is -1.05. The summed E-state index contributed by atoms with van der Waals surface area (Å²) in [6, 6.07) is 12.2. The van der Waals surface area contributed by atoms with E-state index in [9.17, 15) is 21.6 Å². The molecule has 0 aliphatic carbocycles. The number of alkyl halides is 3. The smallest absolute Gasteiger partial charge is 0.433 e. The van der Waals surface area contributed by atoms with Gasteiger partial charge in [-0.15, -0.1) is 0 Å². The van der Waals surface area contributed by atoms with Crippen LogP contribution in [0.3, 0.4) is 0 Å². The van der Waals surface area contributed by atoms with Gasteiger partial charge in [0.15, 0.2) is 0 Å². The molecule has 27 heavy (non-hydrogen) atoms. The van der Waals surface area contributed by atoms with Crippen molar-refractivity contribution in [1.82, 2.24) is 9.29 Å². The van der Waals surface area contributed by atoms with Crippen LogP contribution in [0.4, 0.5) is 13.2 Å². The first kappa shape index (κ1) is 19.4. The molecule has 0 radical (unpaired) electrons. The Hall–Kier alpha value is -2.33. The minimum absolute atomic E-state index is 0.00353. The Kier molecular flexibility index (Phi) is 5.56. The molecule has 1 saturated heterocycles. The fraction of sp³-hybridized carbons (Fsp3) is 0.353. The van der Waals surface area contributed by atoms with E-state index < -0.39 is 28.0 Å². The van der Waals surface area contributed by atoms with Crippen molar-refractivity contribution in [2.75, 3.05) is 25.4 Å². The lowest BCUT2D eigenvalue weighted by Crippen LogP contribution is -2.57. The highest BCUT2D eigenvalue weighted by Crippen LogP contribution is 2.29. The molecular weight excluding hydrogens is 385 g/mol. The van der Waals surface area contributed by atoms with Crippen molar-refractivity contribution < 1.29 is 31.1 Å². The van der Waals surface area contributed by atoms with Gasteiger partial charge in [0, 0.05) is 6.07 Å². The molecule has 10 heteroatoms. The molecule has 0 amide bonds. The zero-order chi connectivity index (χ0) is 19.5. The molecule has 2 heterocycles. The lowest BCUT2D eigenvalue weighted by molar-refractivity contribution is -0.141. The summed E-state index contributed by atoms with van der Waals surface area (Å²) in [7, 11) is -3.52. The summed E-state index contributed by atoms with van der Waals surface area (Å²) in [4.78, 5) is 3.40. The van der Waals surface area contributed by atoms with Crippen LogP contribution < -0.4 is 9.47 Å². The first-order chi connectivity index (χ1) is 12.7. The maximum atomic E-state index is 12.6. The van der Waals surface area contributed by atoms with E-state index in [-0.39, 0.29) is 31.3 Å². The van der Waals surface area contributed by atoms with Gasteiger partial charge in [-0.1, -0.05) is 24.3 Å². The lowest BCUT2D eigenvalue weighted by atomic mass is 10.2. The van der Waals surface area contributed by atoms with E-state index in [0.717, 1.165) is 6.07 Å². The third-order valence-electron chi connectivity index (χ3n) is 3.86. The number of hydrogen-bond donors (Lipinski definition) is 0. The molecule has 1 aliphatic heterocycles. The van der Waals surface area contributed by atoms with Crippen LogP contribution in [0.2, 0.25) is 0 Å². The van der Waals surface area contributed by atoms with Crippen LogP contribution in [0.25, 0.3) is 0 Å². The predicted molar refractivity (Wildman–Crippen MR) is 91.0 cm³/mol. The summed E-state index contributed by atoms with van der Waals surface area (Å²) in [6.07, 6.45) is -5.10. The summed E-state index contributed by atoms with van der Waals surface area (Å²) >= 11 is 0. The van der Waals surface area contributed by atoms with E-state index in [1.165, 1.54) is 16.4 Å². The van der Waals surface area contributed by atoms with Gasteiger partial charge >= 0.3 is 6.18 Å². The number of halogens is 3. The van der Waals surface area contributed by atoms with Crippen molar-refractivity contribution in [3.05, 3.63) is 54.2 Å². The molecular formula is C17H17F3N2O4S. The Bertz CT molecular complexity index is 869. The number of nitrogens with zero attached hydrogens (tertiary/aromatic N) is 2. The van der Waals surface area contributed by atoms with E-state index in [0.29, 0.717) is 5.75 Å². The van der Waals surface area contributed by atoms with E-state index in [2.05, 4.69) is 4.98 Å². The molecule has 2 aromatic rings. The Morgan fingerprint density at radius 1 is 1.07 bits per heavy atom. The minimum Gasteiger partial charge on any atom is -0.492 e. The Labute approximate surface area is 154 Å². The number of hydrogen-bond acceptors (Lipinski definition) is 5. The van der Waals surface area contributed by atoms with Gasteiger partial charge in [-0.2, -0.15) is 17.5 Å². The summed E-state index contributed by atoms with van der Waals surface area (Å²) < 4.78 is 74.3. The Morgan fingerprint density at radius 2 is 1.78 bits per heavy atom. The third-order valence-corrected chi connectivity index (χ3v) is 5.63. The fourth-order valence-electron chi connectivity index (χ4n) is 2.42. The standard InChI is InChI=1S/C17H17F3N2O4S/c18-17(19,20)15-7-4-8-16(21-15)26-14-11-22(12-14)27(23,24)10-9-25-13-5-2-1-3-6-13/h1-8,14H,9-12H2. The number of aromatic nitrogens is 1. The second-order valence-corrected chi connectivity index (χ2v) is 7.98. The van der Waals surface area contributed by atoms with Crippen molar-refractivity contribution in [1.29, 1.82) is 0 Å². The molecule has 1 fully saturated rings. The van der Waals surface area contributed by atoms with Crippen molar-refractivity contribution in [2.45, 2.75) is 12.3 Å². The van der Waals surface area contributed by atoms with Crippen LogP contribution in [0.5, 0.6) is 11.6 Å². The summed E-state index contributed by atoms with van der Waals surface area (Å²) in [6.45, 7) is 0.126. The van der Waals surface area contributed by atoms with Crippen LogP contribution in [0.15, 0.2) is 48.5 Å². The molecule has 1 aromatic carbocycles.